The number of nitrogens with zero attached hydrogens (tertiary/aromatic N) is 2. The molecular formula is C34H33N3+2. The largest absolute Gasteiger partial charge is 0.322 e. The third-order valence-electron chi connectivity index (χ3n) is 6.58. The van der Waals surface area contributed by atoms with E-state index in [9.17, 15) is 0 Å². The van der Waals surface area contributed by atoms with E-state index >= 15 is 0 Å². The monoisotopic (exact) mass is 483 g/mol. The van der Waals surface area contributed by atoms with Crippen molar-refractivity contribution in [2.45, 2.75) is 6.92 Å². The number of hydrogen-bond acceptors (Lipinski definition) is 0. The number of para-hydroxylation sites is 1. The van der Waals surface area contributed by atoms with E-state index in [4.69, 9.17) is 0 Å². The molecule has 2 aromatic heterocycles. The predicted molar refractivity (Wildman–Crippen MR) is 157 cm³/mol. The maximum Gasteiger partial charge on any atom is 0.169 e. The second-order valence-electron chi connectivity index (χ2n) is 9.17. The predicted octanol–water partition coefficient (Wildman–Crippen LogP) is 6.45. The zero-order chi connectivity index (χ0) is 25.6. The van der Waals surface area contributed by atoms with E-state index in [2.05, 4.69) is 145 Å². The van der Waals surface area contributed by atoms with E-state index in [1.54, 1.807) is 0 Å². The van der Waals surface area contributed by atoms with E-state index in [0.29, 0.717) is 0 Å². The van der Waals surface area contributed by atoms with Gasteiger partial charge in [0.25, 0.3) is 0 Å². The SMILES string of the molecule is C/C=C(\C=C/[NH2+]C)/C=C/c1ccc2c(c1)c1cc(/C=C/c3cc[n+](C)cc3)ccc1n2-c1ccccc1. The minimum Gasteiger partial charge on any atom is -0.322 e. The molecule has 0 saturated heterocycles. The molecule has 3 nitrogen and oxygen atoms in total. The molecule has 0 aliphatic rings. The van der Waals surface area contributed by atoms with Gasteiger partial charge in [-0.25, -0.2) is 4.57 Å². The quantitative estimate of drug-likeness (QED) is 0.203. The summed E-state index contributed by atoms with van der Waals surface area (Å²) >= 11 is 0. The average molecular weight is 484 g/mol. The van der Waals surface area contributed by atoms with Crippen molar-refractivity contribution in [2.75, 3.05) is 7.05 Å². The Morgan fingerprint density at radius 1 is 0.730 bits per heavy atom. The van der Waals surface area contributed by atoms with Crippen LogP contribution in [0.4, 0.5) is 0 Å². The molecule has 0 amide bonds. The summed E-state index contributed by atoms with van der Waals surface area (Å²) in [5.74, 6) is 0. The van der Waals surface area contributed by atoms with Crippen LogP contribution in [0, 0.1) is 0 Å². The van der Waals surface area contributed by atoms with Gasteiger partial charge in [0.15, 0.2) is 12.4 Å². The van der Waals surface area contributed by atoms with Gasteiger partial charge in [-0.3, -0.25) is 0 Å². The van der Waals surface area contributed by atoms with E-state index in [-0.39, 0.29) is 0 Å². The summed E-state index contributed by atoms with van der Waals surface area (Å²) in [4.78, 5) is 0. The molecule has 0 aliphatic carbocycles. The fourth-order valence-electron chi connectivity index (χ4n) is 4.58. The topological polar surface area (TPSA) is 25.4 Å². The molecule has 0 atom stereocenters. The van der Waals surface area contributed by atoms with Crippen molar-refractivity contribution in [3.05, 3.63) is 138 Å². The zero-order valence-corrected chi connectivity index (χ0v) is 21.7. The highest BCUT2D eigenvalue weighted by Crippen LogP contribution is 2.34. The van der Waals surface area contributed by atoms with Crippen LogP contribution in [0.3, 0.4) is 0 Å². The van der Waals surface area contributed by atoms with Crippen LogP contribution in [0.15, 0.2) is 121 Å². The molecule has 0 radical (unpaired) electrons. The minimum atomic E-state index is 1.17. The first kappa shape index (κ1) is 24.2. The van der Waals surface area contributed by atoms with Crippen molar-refractivity contribution in [3.63, 3.8) is 0 Å². The first-order valence-corrected chi connectivity index (χ1v) is 12.7. The fourth-order valence-corrected chi connectivity index (χ4v) is 4.58. The highest BCUT2D eigenvalue weighted by molar-refractivity contribution is 6.10. The summed E-state index contributed by atoms with van der Waals surface area (Å²) in [6.07, 6.45) is 19.2. The number of aromatic nitrogens is 2. The summed E-state index contributed by atoms with van der Waals surface area (Å²) in [5.41, 5.74) is 8.34. The highest BCUT2D eigenvalue weighted by Gasteiger charge is 2.13. The van der Waals surface area contributed by atoms with Crippen LogP contribution < -0.4 is 9.88 Å². The molecule has 2 heterocycles. The van der Waals surface area contributed by atoms with Crippen LogP contribution in [0.1, 0.15) is 23.6 Å². The van der Waals surface area contributed by atoms with Crippen LogP contribution >= 0.6 is 0 Å². The van der Waals surface area contributed by atoms with Gasteiger partial charge in [-0.2, -0.15) is 0 Å². The standard InChI is InChI=1S/C34H32N3/c1-4-26(18-21-35-2)10-12-28-14-16-33-31(24-28)32-25-29(13-11-27-19-22-36(3)23-20-27)15-17-34(32)37(33)30-8-6-5-7-9-30/h4-25,35H,1-3H3/q+1/p+1/b12-10+,21-18-,26-4-. The second kappa shape index (κ2) is 11.1. The van der Waals surface area contributed by atoms with Gasteiger partial charge in [0.05, 0.1) is 24.3 Å². The Bertz CT molecular complexity index is 1650. The average Bonchev–Trinajstić information content (AvgIpc) is 3.26. The van der Waals surface area contributed by atoms with Gasteiger partial charge in [0.2, 0.25) is 0 Å². The molecule has 182 valence electrons. The normalized spacial score (nSPS) is 12.7. The Morgan fingerprint density at radius 2 is 1.35 bits per heavy atom. The molecule has 0 bridgehead atoms. The smallest absolute Gasteiger partial charge is 0.169 e. The number of hydrogen-bond donors (Lipinski definition) is 1. The van der Waals surface area contributed by atoms with Crippen LogP contribution in [0.25, 0.3) is 45.7 Å². The first-order chi connectivity index (χ1) is 18.2. The first-order valence-electron chi connectivity index (χ1n) is 12.7. The van der Waals surface area contributed by atoms with E-state index in [0.717, 1.165) is 0 Å². The third kappa shape index (κ3) is 5.37. The number of fused-ring (bicyclic) bond motifs is 3. The van der Waals surface area contributed by atoms with Crippen molar-refractivity contribution >= 4 is 40.0 Å². The molecule has 5 aromatic rings. The Balaban J connectivity index is 1.62. The van der Waals surface area contributed by atoms with Gasteiger partial charge in [-0.05, 0) is 71.7 Å². The van der Waals surface area contributed by atoms with Gasteiger partial charge in [-0.1, -0.05) is 60.7 Å². The molecule has 0 fully saturated rings. The van der Waals surface area contributed by atoms with Crippen molar-refractivity contribution in [3.8, 4) is 5.69 Å². The summed E-state index contributed by atoms with van der Waals surface area (Å²) in [7, 11) is 4.07. The van der Waals surface area contributed by atoms with E-state index in [1.807, 2.05) is 24.0 Å². The second-order valence-corrected chi connectivity index (χ2v) is 9.17. The lowest BCUT2D eigenvalue weighted by molar-refractivity contribution is -0.671. The summed E-state index contributed by atoms with van der Waals surface area (Å²) < 4.78 is 4.41. The van der Waals surface area contributed by atoms with E-state index < -0.39 is 0 Å². The van der Waals surface area contributed by atoms with Gasteiger partial charge in [-0.15, -0.1) is 0 Å². The van der Waals surface area contributed by atoms with Crippen LogP contribution in [0.2, 0.25) is 0 Å². The zero-order valence-electron chi connectivity index (χ0n) is 21.7. The molecule has 0 aliphatic heterocycles. The maximum absolute atomic E-state index is 2.36. The Hall–Kier alpha value is -4.47. The van der Waals surface area contributed by atoms with Crippen molar-refractivity contribution in [1.29, 1.82) is 0 Å². The van der Waals surface area contributed by atoms with Gasteiger partial charge in [0.1, 0.15) is 7.05 Å². The van der Waals surface area contributed by atoms with Crippen LogP contribution in [0.5, 0.6) is 0 Å². The maximum atomic E-state index is 2.36. The Morgan fingerprint density at radius 3 is 1.97 bits per heavy atom. The molecule has 0 spiro atoms. The molecule has 0 saturated carbocycles. The number of nitrogens with two attached hydrogens (primary N) is 1. The molecule has 3 heteroatoms. The van der Waals surface area contributed by atoms with Gasteiger partial charge < -0.3 is 9.88 Å². The minimum absolute atomic E-state index is 1.17. The summed E-state index contributed by atoms with van der Waals surface area (Å²) in [5, 5.41) is 4.55. The summed E-state index contributed by atoms with van der Waals surface area (Å²) in [6.45, 7) is 2.07. The Kier molecular flexibility index (Phi) is 7.25. The molecule has 3 aromatic carbocycles. The van der Waals surface area contributed by atoms with Crippen molar-refractivity contribution in [1.82, 2.24) is 4.57 Å². The summed E-state index contributed by atoms with van der Waals surface area (Å²) in [6, 6.07) is 28.4. The number of benzene rings is 3. The van der Waals surface area contributed by atoms with Gasteiger partial charge in [0, 0.05) is 28.6 Å². The van der Waals surface area contributed by atoms with Crippen molar-refractivity contribution in [2.24, 2.45) is 7.05 Å². The third-order valence-corrected chi connectivity index (χ3v) is 6.58. The molecule has 37 heavy (non-hydrogen) atoms. The fraction of sp³-hybridized carbons (Fsp3) is 0.0882. The Labute approximate surface area is 219 Å². The molecular weight excluding hydrogens is 450 g/mol. The van der Waals surface area contributed by atoms with Gasteiger partial charge >= 0.3 is 0 Å². The van der Waals surface area contributed by atoms with Crippen LogP contribution in [-0.4, -0.2) is 11.6 Å². The van der Waals surface area contributed by atoms with Crippen LogP contribution in [-0.2, 0) is 7.05 Å². The highest BCUT2D eigenvalue weighted by atomic mass is 15.0. The molecule has 5 rings (SSSR count). The molecule has 0 unspecified atom stereocenters. The molecule has 2 N–H and O–H groups in total. The van der Waals surface area contributed by atoms with Crippen molar-refractivity contribution < 1.29 is 9.88 Å². The number of quaternary nitrogens is 1. The number of aryl methyl sites for hydroxylation is 1. The number of pyridine rings is 1. The lowest BCUT2D eigenvalue weighted by Crippen LogP contribution is -2.72. The lowest BCUT2D eigenvalue weighted by Gasteiger charge is -2.07. The number of rotatable bonds is 7. The van der Waals surface area contributed by atoms with E-state index in [1.165, 1.54) is 49.8 Å². The number of allylic oxidation sites excluding steroid dienone is 4. The lowest BCUT2D eigenvalue weighted by atomic mass is 10.1.